The van der Waals surface area contributed by atoms with Crippen LogP contribution in [0.25, 0.3) is 0 Å². The molecule has 0 aromatic heterocycles. The van der Waals surface area contributed by atoms with Crippen LogP contribution in [0.2, 0.25) is 5.82 Å². The summed E-state index contributed by atoms with van der Waals surface area (Å²) in [4.78, 5) is 10.2. The van der Waals surface area contributed by atoms with Crippen LogP contribution in [-0.2, 0) is 24.3 Å². The Bertz CT molecular complexity index is 110. The van der Waals surface area contributed by atoms with E-state index in [4.69, 9.17) is 5.11 Å². The Balaban J connectivity index is -0.000000320. The van der Waals surface area contributed by atoms with Crippen LogP contribution in [-0.4, -0.2) is 38.0 Å². The van der Waals surface area contributed by atoms with E-state index < -0.39 is 12.0 Å². The van der Waals surface area contributed by atoms with Crippen molar-refractivity contribution in [3.63, 3.8) is 0 Å². The van der Waals surface area contributed by atoms with Crippen LogP contribution in [0.15, 0.2) is 0 Å². The number of halogens is 1. The zero-order chi connectivity index (χ0) is 7.28. The summed E-state index contributed by atoms with van der Waals surface area (Å²) in [7, 11) is 0. The molecular weight excluding hydrogens is 306 g/mol. The standard InChI is InChI=1S/C4H9NO2SSe.ClH.Zn/c1-9-5-3(2-8)4(6)7;;/h3,5,8H,2H2,1H3,(H,6,7);1H;/t3-;;/m0../s1. The SMILES string of the molecule is C[Se]N[C@@H](CS)C(=O)O.Cl.[Zn]. The van der Waals surface area contributed by atoms with Gasteiger partial charge in [-0.1, -0.05) is 0 Å². The Labute approximate surface area is 97.0 Å². The maximum Gasteiger partial charge on any atom is 0 e. The van der Waals surface area contributed by atoms with Crippen LogP contribution < -0.4 is 4.33 Å². The Kier molecular flexibility index (Phi) is 18.4. The third-order valence-corrected chi connectivity index (χ3v) is 2.20. The summed E-state index contributed by atoms with van der Waals surface area (Å²) >= 11 is 4.06. The van der Waals surface area contributed by atoms with Crippen molar-refractivity contribution in [2.75, 3.05) is 5.75 Å². The van der Waals surface area contributed by atoms with Crippen molar-refractivity contribution in [3.05, 3.63) is 0 Å². The molecule has 64 valence electrons. The topological polar surface area (TPSA) is 49.3 Å². The molecule has 0 heterocycles. The Hall–Kier alpha value is 1.21. The molecule has 1 atom stereocenters. The summed E-state index contributed by atoms with van der Waals surface area (Å²) in [6, 6.07) is -0.474. The number of carbonyl (C=O) groups is 1. The average Bonchev–Trinajstić information content (AvgIpc) is 1.82. The van der Waals surface area contributed by atoms with Crippen LogP contribution in [0, 0.1) is 0 Å². The molecule has 2 N–H and O–H groups in total. The third kappa shape index (κ3) is 9.12. The van der Waals surface area contributed by atoms with Crippen molar-refractivity contribution >= 4 is 46.2 Å². The van der Waals surface area contributed by atoms with Gasteiger partial charge < -0.3 is 0 Å². The van der Waals surface area contributed by atoms with Crippen molar-refractivity contribution in [1.29, 1.82) is 0 Å². The van der Waals surface area contributed by atoms with Crippen molar-refractivity contribution in [2.24, 2.45) is 0 Å². The van der Waals surface area contributed by atoms with E-state index in [-0.39, 0.29) is 47.1 Å². The molecule has 0 saturated carbocycles. The van der Waals surface area contributed by atoms with Crippen molar-refractivity contribution in [3.8, 4) is 0 Å². The Morgan fingerprint density at radius 2 is 2.27 bits per heavy atom. The molecule has 0 bridgehead atoms. The van der Waals surface area contributed by atoms with Gasteiger partial charge in [0.05, 0.1) is 0 Å². The first-order valence-corrected chi connectivity index (χ1v) is 5.54. The van der Waals surface area contributed by atoms with E-state index in [9.17, 15) is 4.79 Å². The molecule has 0 radical (unpaired) electrons. The van der Waals surface area contributed by atoms with E-state index >= 15 is 0 Å². The minimum Gasteiger partial charge on any atom is -0.147 e. The van der Waals surface area contributed by atoms with Crippen molar-refractivity contribution in [1.82, 2.24) is 4.33 Å². The summed E-state index contributed by atoms with van der Waals surface area (Å²) in [6.07, 6.45) is 0. The van der Waals surface area contributed by atoms with E-state index in [1.54, 1.807) is 0 Å². The van der Waals surface area contributed by atoms with Crippen LogP contribution in [0.4, 0.5) is 0 Å². The minimum atomic E-state index is -0.825. The van der Waals surface area contributed by atoms with Crippen LogP contribution >= 0.6 is 25.0 Å². The van der Waals surface area contributed by atoms with Gasteiger partial charge in [-0.25, -0.2) is 0 Å². The predicted molar refractivity (Wildman–Crippen MR) is 47.3 cm³/mol. The fourth-order valence-corrected chi connectivity index (χ4v) is 1.82. The molecule has 7 heteroatoms. The van der Waals surface area contributed by atoms with Gasteiger partial charge in [-0.15, -0.1) is 12.4 Å². The number of hydrogen-bond donors (Lipinski definition) is 3. The number of aliphatic carboxylic acids is 1. The number of thiol groups is 1. The molecule has 0 aliphatic carbocycles. The minimum absolute atomic E-state index is 0. The van der Waals surface area contributed by atoms with E-state index in [1.165, 1.54) is 0 Å². The number of carboxylic acid groups (broad SMARTS) is 1. The van der Waals surface area contributed by atoms with Gasteiger partial charge in [-0.2, -0.15) is 0 Å². The van der Waals surface area contributed by atoms with Crippen molar-refractivity contribution in [2.45, 2.75) is 11.9 Å². The molecule has 0 rings (SSSR count). The molecule has 0 aliphatic rings. The molecule has 0 spiro atoms. The summed E-state index contributed by atoms with van der Waals surface area (Å²) in [6.45, 7) is 0. The van der Waals surface area contributed by atoms with Crippen LogP contribution in [0.1, 0.15) is 0 Å². The number of carboxylic acids is 1. The zero-order valence-electron chi connectivity index (χ0n) is 6.11. The average molecular weight is 316 g/mol. The third-order valence-electron chi connectivity index (χ3n) is 0.741. The molecule has 0 fully saturated rings. The van der Waals surface area contributed by atoms with Gasteiger partial charge in [0.25, 0.3) is 0 Å². The first-order valence-electron chi connectivity index (χ1n) is 2.34. The van der Waals surface area contributed by atoms with Crippen LogP contribution in [0.5, 0.6) is 0 Å². The smallest absolute Gasteiger partial charge is 0 e. The molecular formula is C4H10ClNO2SSeZn. The van der Waals surface area contributed by atoms with Gasteiger partial charge in [0.15, 0.2) is 0 Å². The molecule has 3 nitrogen and oxygen atoms in total. The van der Waals surface area contributed by atoms with Gasteiger partial charge in [-0.3, -0.25) is 0 Å². The van der Waals surface area contributed by atoms with Gasteiger partial charge in [0.1, 0.15) is 0 Å². The zero-order valence-corrected chi connectivity index (χ0v) is 12.5. The number of hydrogen-bond acceptors (Lipinski definition) is 3. The first kappa shape index (κ1) is 18.1. The molecule has 0 aromatic carbocycles. The van der Waals surface area contributed by atoms with E-state index in [2.05, 4.69) is 17.0 Å². The molecule has 0 unspecified atom stereocenters. The van der Waals surface area contributed by atoms with E-state index in [0.717, 1.165) is 0 Å². The van der Waals surface area contributed by atoms with Gasteiger partial charge in [0.2, 0.25) is 0 Å². The second-order valence-corrected chi connectivity index (χ2v) is 3.11. The largest absolute Gasteiger partial charge is 0.147 e. The van der Waals surface area contributed by atoms with E-state index in [1.807, 2.05) is 5.82 Å². The van der Waals surface area contributed by atoms with Crippen LogP contribution in [0.3, 0.4) is 0 Å². The normalized spacial score (nSPS) is 10.7. The summed E-state index contributed by atoms with van der Waals surface area (Å²) in [5, 5.41) is 8.40. The molecule has 0 aromatic rings. The second-order valence-electron chi connectivity index (χ2n) is 1.40. The Morgan fingerprint density at radius 3 is 2.36 bits per heavy atom. The molecule has 0 amide bonds. The Morgan fingerprint density at radius 1 is 1.82 bits per heavy atom. The maximum atomic E-state index is 10.2. The summed E-state index contributed by atoms with van der Waals surface area (Å²) in [5.41, 5.74) is 0. The summed E-state index contributed by atoms with van der Waals surface area (Å²) < 4.78 is 2.82. The quantitative estimate of drug-likeness (QED) is 0.507. The monoisotopic (exact) mass is 315 g/mol. The maximum absolute atomic E-state index is 10.2. The molecule has 0 saturated heterocycles. The first-order chi connectivity index (χ1) is 4.22. The van der Waals surface area contributed by atoms with Crippen molar-refractivity contribution < 1.29 is 29.4 Å². The second kappa shape index (κ2) is 11.2. The van der Waals surface area contributed by atoms with Gasteiger partial charge >= 0.3 is 65.6 Å². The van der Waals surface area contributed by atoms with E-state index in [0.29, 0.717) is 5.75 Å². The number of rotatable bonds is 4. The predicted octanol–water partition coefficient (Wildman–Crippen LogP) is 0.0456. The molecule has 0 aliphatic heterocycles. The van der Waals surface area contributed by atoms with Gasteiger partial charge in [-0.05, 0) is 0 Å². The molecule has 11 heavy (non-hydrogen) atoms. The summed E-state index contributed by atoms with van der Waals surface area (Å²) in [5.74, 6) is 1.45. The van der Waals surface area contributed by atoms with Gasteiger partial charge in [0, 0.05) is 19.5 Å². The fraction of sp³-hybridized carbons (Fsp3) is 0.750. The number of nitrogens with one attached hydrogen (secondary N) is 1. The fourth-order valence-electron chi connectivity index (χ4n) is 0.308.